The molecule has 1 aliphatic rings. The highest BCUT2D eigenvalue weighted by Crippen LogP contribution is 2.52. The Morgan fingerprint density at radius 3 is 2.38 bits per heavy atom. The summed E-state index contributed by atoms with van der Waals surface area (Å²) < 4.78 is 5.17. The number of ether oxygens (including phenoxy) is 1. The van der Waals surface area contributed by atoms with Crippen molar-refractivity contribution >= 4 is 0 Å². The molecular weight excluding hydrogens is 204 g/mol. The van der Waals surface area contributed by atoms with E-state index in [9.17, 15) is 10.2 Å². The first-order chi connectivity index (χ1) is 7.77. The van der Waals surface area contributed by atoms with Crippen LogP contribution in [0, 0.1) is 0 Å². The molecule has 0 aromatic heterocycles. The molecule has 1 aliphatic heterocycles. The lowest BCUT2D eigenvalue weighted by molar-refractivity contribution is -0.0421. The van der Waals surface area contributed by atoms with Crippen molar-refractivity contribution in [3.05, 3.63) is 48.0 Å². The van der Waals surface area contributed by atoms with Gasteiger partial charge in [0, 0.05) is 0 Å². The van der Waals surface area contributed by atoms with Crippen molar-refractivity contribution in [2.24, 2.45) is 0 Å². The molecule has 0 saturated heterocycles. The van der Waals surface area contributed by atoms with Crippen LogP contribution in [0.1, 0.15) is 11.9 Å². The molecule has 80 valence electrons. The molecule has 0 unspecified atom stereocenters. The van der Waals surface area contributed by atoms with Crippen LogP contribution >= 0.6 is 0 Å². The lowest BCUT2D eigenvalue weighted by Crippen LogP contribution is -1.96. The van der Waals surface area contributed by atoms with Gasteiger partial charge in [-0.1, -0.05) is 30.3 Å². The molecule has 2 aromatic rings. The second-order valence-corrected chi connectivity index (χ2v) is 3.70. The van der Waals surface area contributed by atoms with Crippen molar-refractivity contribution in [2.45, 2.75) is 6.29 Å². The van der Waals surface area contributed by atoms with E-state index in [1.165, 1.54) is 0 Å². The number of rotatable bonds is 2. The first-order valence-corrected chi connectivity index (χ1v) is 5.03. The van der Waals surface area contributed by atoms with Crippen LogP contribution in [0.5, 0.6) is 11.5 Å². The van der Waals surface area contributed by atoms with E-state index in [0.717, 1.165) is 16.9 Å². The molecule has 3 nitrogen and oxygen atoms in total. The van der Waals surface area contributed by atoms with Gasteiger partial charge in [0.2, 0.25) is 0 Å². The number of aliphatic hydroxyl groups is 2. The Labute approximate surface area is 92.5 Å². The highest BCUT2D eigenvalue weighted by Gasteiger charge is 2.30. The lowest BCUT2D eigenvalue weighted by Gasteiger charge is -2.08. The molecule has 0 saturated carbocycles. The Bertz CT molecular complexity index is 532. The number of aliphatic hydroxyl groups excluding tert-OH is 1. The summed E-state index contributed by atoms with van der Waals surface area (Å²) in [4.78, 5) is 0. The molecule has 1 heterocycles. The van der Waals surface area contributed by atoms with Gasteiger partial charge in [-0.25, -0.2) is 0 Å². The van der Waals surface area contributed by atoms with Crippen LogP contribution in [0.25, 0.3) is 11.1 Å². The number of benzene rings is 2. The predicted molar refractivity (Wildman–Crippen MR) is 59.1 cm³/mol. The first-order valence-electron chi connectivity index (χ1n) is 5.03. The molecule has 3 rings (SSSR count). The zero-order valence-electron chi connectivity index (χ0n) is 8.42. The Hall–Kier alpha value is -1.84. The summed E-state index contributed by atoms with van der Waals surface area (Å²) in [7, 11) is 0. The smallest absolute Gasteiger partial charge is 0.182 e. The SMILES string of the molecule is OC(O)c1c(-c2ccccc2)ccc2c1O2. The van der Waals surface area contributed by atoms with Crippen LogP contribution in [0.4, 0.5) is 0 Å². The Morgan fingerprint density at radius 2 is 1.69 bits per heavy atom. The quantitative estimate of drug-likeness (QED) is 0.509. The Balaban J connectivity index is 2.19. The minimum absolute atomic E-state index is 0.448. The highest BCUT2D eigenvalue weighted by molar-refractivity contribution is 5.76. The average molecular weight is 214 g/mol. The average Bonchev–Trinajstić information content (AvgIpc) is 3.07. The fourth-order valence-electron chi connectivity index (χ4n) is 1.88. The molecule has 0 amide bonds. The molecule has 2 aromatic carbocycles. The zero-order valence-corrected chi connectivity index (χ0v) is 8.42. The standard InChI is InChI=1S/C13H10O3/c14-13(15)11-9(6-7-10-12(11)16-10)8-4-2-1-3-5-8/h1-7,13-15H. The minimum Gasteiger partial charge on any atom is -0.449 e. The van der Waals surface area contributed by atoms with Crippen molar-refractivity contribution in [2.75, 3.05) is 0 Å². The van der Waals surface area contributed by atoms with Crippen molar-refractivity contribution in [3.8, 4) is 22.6 Å². The maximum Gasteiger partial charge on any atom is 0.182 e. The van der Waals surface area contributed by atoms with Crippen molar-refractivity contribution in [1.82, 2.24) is 0 Å². The Morgan fingerprint density at radius 1 is 0.938 bits per heavy atom. The monoisotopic (exact) mass is 214 g/mol. The molecule has 0 aliphatic carbocycles. The summed E-state index contributed by atoms with van der Waals surface area (Å²) in [5.41, 5.74) is 2.19. The molecule has 0 fully saturated rings. The summed E-state index contributed by atoms with van der Waals surface area (Å²) in [5.74, 6) is 1.32. The van der Waals surface area contributed by atoms with Gasteiger partial charge in [0.15, 0.2) is 17.8 Å². The van der Waals surface area contributed by atoms with E-state index in [1.807, 2.05) is 42.5 Å². The summed E-state index contributed by atoms with van der Waals surface area (Å²) in [6, 6.07) is 13.3. The number of hydrogen-bond donors (Lipinski definition) is 2. The van der Waals surface area contributed by atoms with Crippen molar-refractivity contribution in [1.29, 1.82) is 0 Å². The van der Waals surface area contributed by atoms with Gasteiger partial charge >= 0.3 is 0 Å². The molecule has 3 heteroatoms. The van der Waals surface area contributed by atoms with E-state index < -0.39 is 6.29 Å². The van der Waals surface area contributed by atoms with Gasteiger partial charge in [-0.15, -0.1) is 0 Å². The maximum atomic E-state index is 9.36. The van der Waals surface area contributed by atoms with Crippen LogP contribution < -0.4 is 4.74 Å². The molecule has 0 radical (unpaired) electrons. The molecule has 0 bridgehead atoms. The van der Waals surface area contributed by atoms with Gasteiger partial charge in [-0.2, -0.15) is 0 Å². The second-order valence-electron chi connectivity index (χ2n) is 3.70. The van der Waals surface area contributed by atoms with Crippen LogP contribution in [-0.2, 0) is 0 Å². The number of fused-ring (bicyclic) bond motifs is 1. The molecule has 0 atom stereocenters. The third kappa shape index (κ3) is 1.38. The lowest BCUT2D eigenvalue weighted by atomic mass is 9.99. The molecule has 2 N–H and O–H groups in total. The van der Waals surface area contributed by atoms with E-state index in [2.05, 4.69) is 0 Å². The largest absolute Gasteiger partial charge is 0.449 e. The van der Waals surface area contributed by atoms with Gasteiger partial charge in [0.05, 0.1) is 5.56 Å². The second kappa shape index (κ2) is 3.33. The fraction of sp³-hybridized carbons (Fsp3) is 0.0769. The molecular formula is C13H10O3. The summed E-state index contributed by atoms with van der Waals surface area (Å²) in [6.07, 6.45) is -1.51. The van der Waals surface area contributed by atoms with Crippen LogP contribution in [-0.4, -0.2) is 10.2 Å². The van der Waals surface area contributed by atoms with Gasteiger partial charge in [-0.3, -0.25) is 0 Å². The van der Waals surface area contributed by atoms with Crippen LogP contribution in [0.3, 0.4) is 0 Å². The topological polar surface area (TPSA) is 53.0 Å². The van der Waals surface area contributed by atoms with E-state index in [1.54, 1.807) is 0 Å². The third-order valence-electron chi connectivity index (χ3n) is 2.67. The van der Waals surface area contributed by atoms with Gasteiger partial charge in [0.25, 0.3) is 0 Å². The number of hydrogen-bond acceptors (Lipinski definition) is 3. The van der Waals surface area contributed by atoms with Crippen molar-refractivity contribution < 1.29 is 14.9 Å². The minimum atomic E-state index is -1.51. The maximum absolute atomic E-state index is 9.36. The van der Waals surface area contributed by atoms with E-state index >= 15 is 0 Å². The van der Waals surface area contributed by atoms with Crippen LogP contribution in [0.2, 0.25) is 0 Å². The van der Waals surface area contributed by atoms with Crippen molar-refractivity contribution in [3.63, 3.8) is 0 Å². The predicted octanol–water partition coefficient (Wildman–Crippen LogP) is 2.44. The Kier molecular flexibility index (Phi) is 1.96. The van der Waals surface area contributed by atoms with Crippen LogP contribution in [0.15, 0.2) is 42.5 Å². The highest BCUT2D eigenvalue weighted by atomic mass is 16.6. The first kappa shape index (κ1) is 9.39. The third-order valence-corrected chi connectivity index (χ3v) is 2.67. The van der Waals surface area contributed by atoms with Gasteiger partial charge < -0.3 is 14.9 Å². The van der Waals surface area contributed by atoms with E-state index in [4.69, 9.17) is 4.74 Å². The summed E-state index contributed by atoms with van der Waals surface area (Å²) in [6.45, 7) is 0. The normalized spacial score (nSPS) is 12.2. The summed E-state index contributed by atoms with van der Waals surface area (Å²) >= 11 is 0. The molecule has 16 heavy (non-hydrogen) atoms. The summed E-state index contributed by atoms with van der Waals surface area (Å²) in [5, 5.41) is 18.7. The van der Waals surface area contributed by atoms with Gasteiger partial charge in [-0.05, 0) is 23.3 Å². The van der Waals surface area contributed by atoms with Gasteiger partial charge in [0.1, 0.15) is 0 Å². The fourth-order valence-corrected chi connectivity index (χ4v) is 1.88. The zero-order chi connectivity index (χ0) is 11.1. The molecule has 0 spiro atoms. The van der Waals surface area contributed by atoms with E-state index in [0.29, 0.717) is 11.3 Å². The van der Waals surface area contributed by atoms with E-state index in [-0.39, 0.29) is 0 Å².